The Hall–Kier alpha value is -1.79. The molecule has 27 heavy (non-hydrogen) atoms. The molecule has 4 rings (SSSR count). The van der Waals surface area contributed by atoms with E-state index in [9.17, 15) is 9.18 Å². The van der Waals surface area contributed by atoms with E-state index in [0.29, 0.717) is 25.6 Å². The lowest BCUT2D eigenvalue weighted by atomic mass is 9.85. The Morgan fingerprint density at radius 3 is 2.89 bits per heavy atom. The molecule has 1 aromatic carbocycles. The maximum absolute atomic E-state index is 14.0. The van der Waals surface area contributed by atoms with Gasteiger partial charge in [0.25, 0.3) is 5.91 Å². The second kappa shape index (κ2) is 7.32. The van der Waals surface area contributed by atoms with Crippen LogP contribution >= 0.6 is 0 Å². The number of hydrogen-bond donors (Lipinski definition) is 0. The summed E-state index contributed by atoms with van der Waals surface area (Å²) in [7, 11) is 1.65. The minimum absolute atomic E-state index is 0.150. The number of ether oxygens (including phenoxy) is 1. The van der Waals surface area contributed by atoms with Gasteiger partial charge in [-0.1, -0.05) is 25.1 Å². The number of halogens is 1. The van der Waals surface area contributed by atoms with E-state index in [0.717, 1.165) is 43.8 Å². The van der Waals surface area contributed by atoms with E-state index in [4.69, 9.17) is 9.73 Å². The highest BCUT2D eigenvalue weighted by Gasteiger charge is 2.60. The van der Waals surface area contributed by atoms with Crippen LogP contribution < -0.4 is 0 Å². The molecule has 1 amide bonds. The van der Waals surface area contributed by atoms with Gasteiger partial charge in [-0.25, -0.2) is 4.39 Å². The van der Waals surface area contributed by atoms with Gasteiger partial charge in [-0.2, -0.15) is 0 Å². The van der Waals surface area contributed by atoms with E-state index in [1.807, 2.05) is 17.0 Å². The molecule has 3 atom stereocenters. The smallest absolute Gasteiger partial charge is 0.256 e. The van der Waals surface area contributed by atoms with Crippen molar-refractivity contribution in [3.63, 3.8) is 0 Å². The molecule has 1 aromatic rings. The summed E-state index contributed by atoms with van der Waals surface area (Å²) in [4.78, 5) is 22.5. The Morgan fingerprint density at radius 2 is 2.15 bits per heavy atom. The predicted octanol–water partition coefficient (Wildman–Crippen LogP) is 2.70. The highest BCUT2D eigenvalue weighted by Crippen LogP contribution is 2.50. The lowest BCUT2D eigenvalue weighted by Gasteiger charge is -2.28. The molecule has 2 fully saturated rings. The minimum atomic E-state index is -0.603. The lowest BCUT2D eigenvalue weighted by Crippen LogP contribution is -2.47. The first-order valence-corrected chi connectivity index (χ1v) is 9.94. The number of nitrogens with zero attached hydrogens (tertiary/aromatic N) is 3. The van der Waals surface area contributed by atoms with Crippen LogP contribution in [-0.2, 0) is 16.1 Å². The molecule has 146 valence electrons. The number of carbonyl (C=O) groups is 1. The molecule has 0 bridgehead atoms. The Balaban J connectivity index is 1.52. The van der Waals surface area contributed by atoms with Crippen LogP contribution in [0.1, 0.15) is 31.7 Å². The zero-order valence-corrected chi connectivity index (χ0v) is 16.2. The van der Waals surface area contributed by atoms with Crippen molar-refractivity contribution in [2.24, 2.45) is 16.8 Å². The normalized spacial score (nSPS) is 30.4. The van der Waals surface area contributed by atoms with E-state index >= 15 is 0 Å². The number of benzene rings is 1. The monoisotopic (exact) mass is 373 g/mol. The predicted molar refractivity (Wildman–Crippen MR) is 102 cm³/mol. The zero-order chi connectivity index (χ0) is 19.0. The quantitative estimate of drug-likeness (QED) is 0.770. The van der Waals surface area contributed by atoms with E-state index < -0.39 is 5.54 Å². The van der Waals surface area contributed by atoms with Crippen LogP contribution in [0.15, 0.2) is 29.3 Å². The Bertz CT molecular complexity index is 753. The molecule has 1 saturated heterocycles. The Kier molecular flexibility index (Phi) is 5.03. The SMILES string of the molecule is CCC1=N[C@@]2(CC[C@@H]3CN(Cc4ccccc4F)C[C@@H]32)C(=O)N1CCOC. The van der Waals surface area contributed by atoms with Crippen LogP contribution in [-0.4, -0.2) is 60.4 Å². The van der Waals surface area contributed by atoms with Crippen LogP contribution in [0.3, 0.4) is 0 Å². The van der Waals surface area contributed by atoms with Crippen LogP contribution in [0.4, 0.5) is 4.39 Å². The molecule has 2 aliphatic heterocycles. The third-order valence-electron chi connectivity index (χ3n) is 6.47. The van der Waals surface area contributed by atoms with Crippen molar-refractivity contribution < 1.29 is 13.9 Å². The van der Waals surface area contributed by atoms with Gasteiger partial charge in [0.1, 0.15) is 17.2 Å². The largest absolute Gasteiger partial charge is 0.383 e. The third-order valence-corrected chi connectivity index (χ3v) is 6.47. The second-order valence-corrected chi connectivity index (χ2v) is 7.95. The number of methoxy groups -OCH3 is 1. The van der Waals surface area contributed by atoms with Gasteiger partial charge in [-0.15, -0.1) is 0 Å². The molecule has 0 N–H and O–H groups in total. The Labute approximate surface area is 160 Å². The average molecular weight is 373 g/mol. The third kappa shape index (κ3) is 3.09. The second-order valence-electron chi connectivity index (χ2n) is 7.95. The van der Waals surface area contributed by atoms with Crippen molar-refractivity contribution in [3.05, 3.63) is 35.6 Å². The van der Waals surface area contributed by atoms with Crippen molar-refractivity contribution in [1.29, 1.82) is 0 Å². The number of aliphatic imine (C=N–C) groups is 1. The van der Waals surface area contributed by atoms with Crippen LogP contribution in [0, 0.1) is 17.7 Å². The molecule has 1 spiro atoms. The van der Waals surface area contributed by atoms with E-state index in [-0.39, 0.29) is 17.6 Å². The minimum Gasteiger partial charge on any atom is -0.383 e. The van der Waals surface area contributed by atoms with Gasteiger partial charge in [0.05, 0.1) is 13.2 Å². The van der Waals surface area contributed by atoms with Crippen LogP contribution in [0.25, 0.3) is 0 Å². The van der Waals surface area contributed by atoms with Crippen molar-refractivity contribution >= 4 is 11.7 Å². The van der Waals surface area contributed by atoms with E-state index in [1.165, 1.54) is 6.07 Å². The summed E-state index contributed by atoms with van der Waals surface area (Å²) < 4.78 is 19.2. The maximum Gasteiger partial charge on any atom is 0.256 e. The molecule has 2 heterocycles. The van der Waals surface area contributed by atoms with Gasteiger partial charge < -0.3 is 4.74 Å². The van der Waals surface area contributed by atoms with Crippen LogP contribution in [0.5, 0.6) is 0 Å². The van der Waals surface area contributed by atoms with Gasteiger partial charge in [0.15, 0.2) is 0 Å². The molecule has 5 nitrogen and oxygen atoms in total. The fourth-order valence-corrected chi connectivity index (χ4v) is 5.16. The first-order valence-electron chi connectivity index (χ1n) is 9.94. The van der Waals surface area contributed by atoms with E-state index in [1.54, 1.807) is 13.2 Å². The van der Waals surface area contributed by atoms with Crippen molar-refractivity contribution in [1.82, 2.24) is 9.80 Å². The summed E-state index contributed by atoms with van der Waals surface area (Å²) in [5, 5.41) is 0. The number of amides is 1. The maximum atomic E-state index is 14.0. The summed E-state index contributed by atoms with van der Waals surface area (Å²) in [6.45, 7) is 5.47. The number of fused-ring (bicyclic) bond motifs is 2. The summed E-state index contributed by atoms with van der Waals surface area (Å²) in [5.74, 6) is 1.58. The number of amidine groups is 1. The average Bonchev–Trinajstić information content (AvgIpc) is 3.30. The summed E-state index contributed by atoms with van der Waals surface area (Å²) >= 11 is 0. The van der Waals surface area contributed by atoms with Crippen molar-refractivity contribution in [2.75, 3.05) is 33.4 Å². The fourth-order valence-electron chi connectivity index (χ4n) is 5.16. The number of rotatable bonds is 6. The standard InChI is InChI=1S/C21H28FN3O2/c1-3-19-23-21(20(26)25(19)10-11-27-2)9-8-15-12-24(14-17(15)21)13-16-6-4-5-7-18(16)22/h4-7,15,17H,3,8-14H2,1-2H3/t15-,17+,21-/m1/s1. The summed E-state index contributed by atoms with van der Waals surface area (Å²) in [5.41, 5.74) is 0.122. The molecule has 0 unspecified atom stereocenters. The zero-order valence-electron chi connectivity index (χ0n) is 16.2. The summed E-state index contributed by atoms with van der Waals surface area (Å²) in [6, 6.07) is 6.96. The first-order chi connectivity index (χ1) is 13.1. The molecular formula is C21H28FN3O2. The molecule has 0 radical (unpaired) electrons. The summed E-state index contributed by atoms with van der Waals surface area (Å²) in [6.07, 6.45) is 2.61. The number of hydrogen-bond acceptors (Lipinski definition) is 4. The highest BCUT2D eigenvalue weighted by atomic mass is 19.1. The van der Waals surface area contributed by atoms with Gasteiger partial charge in [0.2, 0.25) is 0 Å². The molecule has 1 aliphatic carbocycles. The molecule has 0 aromatic heterocycles. The highest BCUT2D eigenvalue weighted by molar-refractivity contribution is 6.08. The van der Waals surface area contributed by atoms with Gasteiger partial charge in [-0.05, 0) is 24.8 Å². The molecule has 3 aliphatic rings. The number of likely N-dealkylation sites (tertiary alicyclic amines) is 1. The van der Waals surface area contributed by atoms with Gasteiger partial charge in [0, 0.05) is 44.6 Å². The topological polar surface area (TPSA) is 45.1 Å². The lowest BCUT2D eigenvalue weighted by molar-refractivity contribution is -0.133. The Morgan fingerprint density at radius 1 is 1.33 bits per heavy atom. The van der Waals surface area contributed by atoms with Gasteiger partial charge in [-0.3, -0.25) is 19.6 Å². The van der Waals surface area contributed by atoms with Crippen molar-refractivity contribution in [2.45, 2.75) is 38.3 Å². The van der Waals surface area contributed by atoms with Crippen molar-refractivity contribution in [3.8, 4) is 0 Å². The molecule has 6 heteroatoms. The fraction of sp³-hybridized carbons (Fsp3) is 0.619. The van der Waals surface area contributed by atoms with Gasteiger partial charge >= 0.3 is 0 Å². The van der Waals surface area contributed by atoms with Crippen LogP contribution in [0.2, 0.25) is 0 Å². The molecular weight excluding hydrogens is 345 g/mol. The number of carbonyl (C=O) groups excluding carboxylic acids is 1. The molecule has 1 saturated carbocycles. The van der Waals surface area contributed by atoms with E-state index in [2.05, 4.69) is 11.8 Å². The first kappa shape index (κ1) is 18.6.